The second-order valence-electron chi connectivity index (χ2n) is 1.08. The van der Waals surface area contributed by atoms with Crippen molar-refractivity contribution in [2.24, 2.45) is 0 Å². The Balaban J connectivity index is 2.80. The van der Waals surface area contributed by atoms with Crippen molar-refractivity contribution >= 4 is 14.7 Å². The zero-order valence-corrected chi connectivity index (χ0v) is 3.15. The minimum atomic E-state index is 1.75. The minimum Gasteiger partial charge on any atom is -0.336 e. The zero-order valence-electron chi connectivity index (χ0n) is 3.15. The summed E-state index contributed by atoms with van der Waals surface area (Å²) in [4.78, 5) is 0. The largest absolute Gasteiger partial charge is 0.449 e. The summed E-state index contributed by atoms with van der Waals surface area (Å²) in [7, 11) is 3.78. The van der Waals surface area contributed by atoms with E-state index in [1.165, 1.54) is 0 Å². The molecule has 2 heteroatoms. The smallest absolute Gasteiger partial charge is 0.336 e. The number of rotatable bonds is 0. The van der Waals surface area contributed by atoms with Crippen molar-refractivity contribution in [3.05, 3.63) is 0 Å². The molecule has 0 rings (SSSR count). The SMILES string of the molecule is B[N+](=C)C. The van der Waals surface area contributed by atoms with Gasteiger partial charge in [-0.3, -0.25) is 0 Å². The Labute approximate surface area is 27.4 Å². The van der Waals surface area contributed by atoms with E-state index in [2.05, 4.69) is 6.72 Å². The Morgan fingerprint density at radius 2 is 2.00 bits per heavy atom. The maximum absolute atomic E-state index is 3.47. The lowest BCUT2D eigenvalue weighted by Gasteiger charge is -1.66. The summed E-state index contributed by atoms with van der Waals surface area (Å²) in [5.74, 6) is 0. The Kier molecular flexibility index (Phi) is 1.03. The van der Waals surface area contributed by atoms with Crippen LogP contribution in [0.25, 0.3) is 0 Å². The summed E-state index contributed by atoms with van der Waals surface area (Å²) in [6.45, 7) is 3.47. The lowest BCUT2D eigenvalue weighted by molar-refractivity contribution is -0.323. The summed E-state index contributed by atoms with van der Waals surface area (Å²) in [6, 6.07) is 0. The molecule has 1 nitrogen and oxygen atoms in total. The van der Waals surface area contributed by atoms with Crippen LogP contribution in [0.4, 0.5) is 0 Å². The average molecular weight is 55.9 g/mol. The molecule has 0 heterocycles. The molecule has 0 spiro atoms. The fourth-order valence-electron chi connectivity index (χ4n) is 0. The first kappa shape index (κ1) is 3.73. The Morgan fingerprint density at radius 1 is 2.00 bits per heavy atom. The molecule has 0 saturated carbocycles. The fraction of sp³-hybridized carbons (Fsp3) is 0.500. The average Bonchev–Trinajstić information content (AvgIpc) is 0.811. The van der Waals surface area contributed by atoms with Gasteiger partial charge in [-0.05, 0) is 0 Å². The summed E-state index contributed by atoms with van der Waals surface area (Å²) in [5, 5.41) is 0. The molecular formula is C2H7BN+. The maximum Gasteiger partial charge on any atom is 0.449 e. The van der Waals surface area contributed by atoms with Gasteiger partial charge < -0.3 is 4.49 Å². The van der Waals surface area contributed by atoms with Crippen molar-refractivity contribution in [3.63, 3.8) is 0 Å². The molecule has 0 aliphatic heterocycles. The molecule has 0 atom stereocenters. The van der Waals surface area contributed by atoms with Crippen molar-refractivity contribution in [1.82, 2.24) is 0 Å². The van der Waals surface area contributed by atoms with Gasteiger partial charge in [-0.1, -0.05) is 0 Å². The first-order valence-corrected chi connectivity index (χ1v) is 1.21. The predicted molar refractivity (Wildman–Crippen MR) is 21.8 cm³/mol. The van der Waals surface area contributed by atoms with Gasteiger partial charge in [0.15, 0.2) is 0 Å². The van der Waals surface area contributed by atoms with Crippen LogP contribution in [0.3, 0.4) is 0 Å². The quantitative estimate of drug-likeness (QED) is 0.244. The lowest BCUT2D eigenvalue weighted by Crippen LogP contribution is -1.90. The van der Waals surface area contributed by atoms with Crippen molar-refractivity contribution in [1.29, 1.82) is 0 Å². The molecule has 0 saturated heterocycles. The molecule has 0 aromatic carbocycles. The van der Waals surface area contributed by atoms with Crippen LogP contribution >= 0.6 is 0 Å². The van der Waals surface area contributed by atoms with Crippen LogP contribution in [-0.2, 0) is 0 Å². The van der Waals surface area contributed by atoms with Crippen molar-refractivity contribution in [2.75, 3.05) is 7.05 Å². The molecule has 4 heavy (non-hydrogen) atoms. The van der Waals surface area contributed by atoms with Gasteiger partial charge in [0.25, 0.3) is 0 Å². The van der Waals surface area contributed by atoms with Crippen LogP contribution in [-0.4, -0.2) is 26.2 Å². The summed E-state index contributed by atoms with van der Waals surface area (Å²) in [5.41, 5.74) is 0. The molecule has 0 aromatic rings. The number of nitrogens with zero attached hydrogens (tertiary/aromatic N) is 1. The van der Waals surface area contributed by atoms with Gasteiger partial charge in [0.05, 0.1) is 0 Å². The van der Waals surface area contributed by atoms with E-state index < -0.39 is 0 Å². The van der Waals surface area contributed by atoms with Gasteiger partial charge in [-0.15, -0.1) is 0 Å². The molecule has 0 unspecified atom stereocenters. The van der Waals surface area contributed by atoms with Crippen LogP contribution in [0.2, 0.25) is 0 Å². The summed E-state index contributed by atoms with van der Waals surface area (Å²) < 4.78 is 1.75. The standard InChI is InChI=1S/C2H7BN/c1-4(2)3/h1,3H2,2H3/q+1. The summed E-state index contributed by atoms with van der Waals surface area (Å²) in [6.07, 6.45) is 0. The molecule has 0 radical (unpaired) electrons. The molecule has 0 fully saturated rings. The van der Waals surface area contributed by atoms with E-state index in [0.29, 0.717) is 0 Å². The zero-order chi connectivity index (χ0) is 3.58. The lowest BCUT2D eigenvalue weighted by atomic mass is 10.4. The third-order valence-corrected chi connectivity index (χ3v) is 0. The first-order valence-electron chi connectivity index (χ1n) is 1.21. The van der Waals surface area contributed by atoms with E-state index in [4.69, 9.17) is 0 Å². The first-order chi connectivity index (χ1) is 1.73. The van der Waals surface area contributed by atoms with Gasteiger partial charge in [0, 0.05) is 0 Å². The molecule has 0 bridgehead atoms. The number of hydrogen-bond donors (Lipinski definition) is 0. The normalized spacial score (nSPS) is 6.25. The van der Waals surface area contributed by atoms with E-state index in [9.17, 15) is 0 Å². The van der Waals surface area contributed by atoms with Crippen molar-refractivity contribution < 1.29 is 4.49 Å². The van der Waals surface area contributed by atoms with Crippen molar-refractivity contribution in [3.8, 4) is 0 Å². The van der Waals surface area contributed by atoms with E-state index in [1.54, 1.807) is 4.49 Å². The third kappa shape index (κ3) is 13.3. The van der Waals surface area contributed by atoms with E-state index in [0.717, 1.165) is 0 Å². The third-order valence-electron chi connectivity index (χ3n) is 0. The van der Waals surface area contributed by atoms with Gasteiger partial charge in [0.2, 0.25) is 0 Å². The molecule has 0 aliphatic carbocycles. The van der Waals surface area contributed by atoms with Crippen molar-refractivity contribution in [2.45, 2.75) is 0 Å². The van der Waals surface area contributed by atoms with Gasteiger partial charge >= 0.3 is 7.98 Å². The molecule has 0 aliphatic rings. The Morgan fingerprint density at radius 3 is 2.00 bits per heavy atom. The summed E-state index contributed by atoms with van der Waals surface area (Å²) >= 11 is 0. The highest BCUT2D eigenvalue weighted by molar-refractivity contribution is 5.96. The molecule has 0 N–H and O–H groups in total. The van der Waals surface area contributed by atoms with Crippen LogP contribution < -0.4 is 0 Å². The Bertz CT molecular complexity index is 29.0. The molecular weight excluding hydrogens is 48.8 g/mol. The Hall–Kier alpha value is -0.265. The maximum atomic E-state index is 3.47. The second-order valence-corrected chi connectivity index (χ2v) is 1.08. The highest BCUT2D eigenvalue weighted by Crippen LogP contribution is 1.27. The molecule has 22 valence electrons. The monoisotopic (exact) mass is 56.1 g/mol. The minimum absolute atomic E-state index is 1.75. The van der Waals surface area contributed by atoms with Crippen LogP contribution in [0.5, 0.6) is 0 Å². The molecule has 0 amide bonds. The second kappa shape index (κ2) is 1.10. The van der Waals surface area contributed by atoms with Crippen LogP contribution in [0.15, 0.2) is 0 Å². The molecule has 0 aromatic heterocycles. The predicted octanol–water partition coefficient (Wildman–Crippen LogP) is -1.12. The van der Waals surface area contributed by atoms with Gasteiger partial charge in [-0.25, -0.2) is 0 Å². The van der Waals surface area contributed by atoms with E-state index in [1.807, 2.05) is 15.0 Å². The van der Waals surface area contributed by atoms with Gasteiger partial charge in [-0.2, -0.15) is 0 Å². The fourth-order valence-corrected chi connectivity index (χ4v) is 0. The highest BCUT2D eigenvalue weighted by Gasteiger charge is 1.58. The topological polar surface area (TPSA) is 3.01 Å². The van der Waals surface area contributed by atoms with Crippen LogP contribution in [0, 0.1) is 0 Å². The number of hydrogen-bond acceptors (Lipinski definition) is 0. The van der Waals surface area contributed by atoms with E-state index >= 15 is 0 Å². The van der Waals surface area contributed by atoms with Crippen LogP contribution in [0.1, 0.15) is 0 Å². The van der Waals surface area contributed by atoms with E-state index in [-0.39, 0.29) is 0 Å². The highest BCUT2D eigenvalue weighted by atomic mass is 14.8. The van der Waals surface area contributed by atoms with Gasteiger partial charge in [0.1, 0.15) is 13.8 Å².